The highest BCUT2D eigenvalue weighted by atomic mass is 35.5. The maximum Gasteiger partial charge on any atom is 0.290 e. The van der Waals surface area contributed by atoms with E-state index in [4.69, 9.17) is 0 Å². The second kappa shape index (κ2) is 4.16. The maximum atomic E-state index is 12.4. The van der Waals surface area contributed by atoms with E-state index in [0.717, 1.165) is 0 Å². The average Bonchev–Trinajstić information content (AvgIpc) is 1.96. The molecule has 0 amide bonds. The zero-order chi connectivity index (χ0) is 7.61. The van der Waals surface area contributed by atoms with Crippen LogP contribution in [-0.4, -0.2) is 25.2 Å². The molecular weight excluding hydrogens is 179 g/mol. The van der Waals surface area contributed by atoms with Crippen molar-refractivity contribution in [3.05, 3.63) is 0 Å². The minimum atomic E-state index is -3.16. The Morgan fingerprint density at radius 3 is 2.64 bits per heavy atom. The van der Waals surface area contributed by atoms with Crippen LogP contribution in [0, 0.1) is 0 Å². The summed E-state index contributed by atoms with van der Waals surface area (Å²) in [4.78, 5) is 0. The normalized spacial score (nSPS) is 30.3. The highest BCUT2D eigenvalue weighted by Crippen LogP contribution is 2.25. The summed E-state index contributed by atoms with van der Waals surface area (Å²) in [5.41, 5.74) is 0. The third-order valence-corrected chi connectivity index (χ3v) is 1.63. The van der Waals surface area contributed by atoms with E-state index in [9.17, 15) is 13.2 Å². The van der Waals surface area contributed by atoms with Crippen molar-refractivity contribution in [1.82, 2.24) is 5.32 Å². The number of alkyl halides is 3. The number of hydrogen-bond donors (Lipinski definition) is 1. The van der Waals surface area contributed by atoms with Crippen molar-refractivity contribution in [3.63, 3.8) is 0 Å². The van der Waals surface area contributed by atoms with Gasteiger partial charge in [-0.25, -0.2) is 13.2 Å². The van der Waals surface area contributed by atoms with Crippen molar-refractivity contribution in [2.24, 2.45) is 0 Å². The van der Waals surface area contributed by atoms with E-state index in [1.807, 2.05) is 0 Å². The molecule has 1 saturated heterocycles. The lowest BCUT2D eigenvalue weighted by molar-refractivity contribution is -0.0658. The first kappa shape index (κ1) is 11.0. The van der Waals surface area contributed by atoms with Crippen molar-refractivity contribution in [3.8, 4) is 0 Å². The van der Waals surface area contributed by atoms with Crippen LogP contribution in [0.25, 0.3) is 0 Å². The molecule has 0 aromatic heterocycles. The van der Waals surface area contributed by atoms with Gasteiger partial charge < -0.3 is 5.32 Å². The summed E-state index contributed by atoms with van der Waals surface area (Å²) in [6.45, 7) is -0.0236. The number of halogens is 4. The molecular formula is C6H11ClF3N. The molecule has 1 aliphatic heterocycles. The molecule has 0 spiro atoms. The molecule has 0 aromatic rings. The summed E-state index contributed by atoms with van der Waals surface area (Å²) >= 11 is 0. The summed E-state index contributed by atoms with van der Waals surface area (Å²) in [5, 5.41) is 2.48. The monoisotopic (exact) mass is 189 g/mol. The first-order chi connectivity index (χ1) is 4.63. The van der Waals surface area contributed by atoms with Crippen LogP contribution in [0.3, 0.4) is 0 Å². The predicted molar refractivity (Wildman–Crippen MR) is 39.2 cm³/mol. The van der Waals surface area contributed by atoms with Gasteiger partial charge in [0.1, 0.15) is 0 Å². The van der Waals surface area contributed by atoms with Gasteiger partial charge >= 0.3 is 0 Å². The second-order valence-electron chi connectivity index (χ2n) is 2.55. The molecule has 5 heteroatoms. The summed E-state index contributed by atoms with van der Waals surface area (Å²) in [7, 11) is 0. The van der Waals surface area contributed by atoms with Gasteiger partial charge in [-0.05, 0) is 19.4 Å². The Labute approximate surface area is 69.8 Å². The topological polar surface area (TPSA) is 12.0 Å². The van der Waals surface area contributed by atoms with Crippen LogP contribution in [-0.2, 0) is 0 Å². The first-order valence-electron chi connectivity index (χ1n) is 3.35. The molecule has 68 valence electrons. The Hall–Kier alpha value is 0.0400. The summed E-state index contributed by atoms with van der Waals surface area (Å²) in [6.07, 6.45) is -1.49. The van der Waals surface area contributed by atoms with E-state index < -0.39 is 18.6 Å². The van der Waals surface area contributed by atoms with Gasteiger partial charge in [0.15, 0.2) is 6.17 Å². The molecule has 1 atom stereocenters. The molecule has 0 unspecified atom stereocenters. The molecule has 11 heavy (non-hydrogen) atoms. The van der Waals surface area contributed by atoms with Crippen molar-refractivity contribution in [2.75, 3.05) is 13.1 Å². The van der Waals surface area contributed by atoms with Crippen LogP contribution in [0.5, 0.6) is 0 Å². The highest BCUT2D eigenvalue weighted by molar-refractivity contribution is 5.85. The van der Waals surface area contributed by atoms with Crippen LogP contribution in [0.15, 0.2) is 0 Å². The minimum Gasteiger partial charge on any atom is -0.311 e. The maximum absolute atomic E-state index is 12.4. The zero-order valence-electron chi connectivity index (χ0n) is 5.95. The molecule has 1 N–H and O–H groups in total. The third kappa shape index (κ3) is 2.87. The van der Waals surface area contributed by atoms with Crippen LogP contribution in [0.4, 0.5) is 13.2 Å². The van der Waals surface area contributed by atoms with Crippen LogP contribution >= 0.6 is 12.4 Å². The fourth-order valence-corrected chi connectivity index (χ4v) is 0.983. The van der Waals surface area contributed by atoms with Crippen molar-refractivity contribution >= 4 is 12.4 Å². The molecule has 1 rings (SSSR count). The Morgan fingerprint density at radius 2 is 2.00 bits per heavy atom. The Morgan fingerprint density at radius 1 is 1.36 bits per heavy atom. The zero-order valence-corrected chi connectivity index (χ0v) is 6.76. The van der Waals surface area contributed by atoms with Gasteiger partial charge in [0.25, 0.3) is 5.92 Å². The molecule has 0 radical (unpaired) electrons. The molecule has 1 aliphatic rings. The van der Waals surface area contributed by atoms with Crippen LogP contribution in [0.2, 0.25) is 0 Å². The molecule has 0 saturated carbocycles. The van der Waals surface area contributed by atoms with Crippen LogP contribution < -0.4 is 5.32 Å². The summed E-state index contributed by atoms with van der Waals surface area (Å²) in [5.74, 6) is -3.16. The lowest BCUT2D eigenvalue weighted by Gasteiger charge is -2.16. The minimum absolute atomic E-state index is 0. The lowest BCUT2D eigenvalue weighted by atomic mass is 10.1. The van der Waals surface area contributed by atoms with Crippen molar-refractivity contribution in [1.29, 1.82) is 0 Å². The van der Waals surface area contributed by atoms with E-state index in [0.29, 0.717) is 13.0 Å². The molecule has 0 aromatic carbocycles. The molecule has 1 nitrogen and oxygen atoms in total. The van der Waals surface area contributed by atoms with Gasteiger partial charge in [0, 0.05) is 0 Å². The van der Waals surface area contributed by atoms with E-state index >= 15 is 0 Å². The fraction of sp³-hybridized carbons (Fsp3) is 1.00. The average molecular weight is 190 g/mol. The summed E-state index contributed by atoms with van der Waals surface area (Å²) < 4.78 is 37.3. The molecule has 0 aliphatic carbocycles. The smallest absolute Gasteiger partial charge is 0.290 e. The fourth-order valence-electron chi connectivity index (χ4n) is 0.983. The van der Waals surface area contributed by atoms with E-state index in [1.54, 1.807) is 0 Å². The second-order valence-corrected chi connectivity index (χ2v) is 2.55. The van der Waals surface area contributed by atoms with Gasteiger partial charge in [-0.3, -0.25) is 0 Å². The first-order valence-corrected chi connectivity index (χ1v) is 3.35. The van der Waals surface area contributed by atoms with Gasteiger partial charge in [-0.15, -0.1) is 12.4 Å². The van der Waals surface area contributed by atoms with Gasteiger partial charge in [-0.2, -0.15) is 0 Å². The van der Waals surface area contributed by atoms with E-state index in [-0.39, 0.29) is 18.8 Å². The Balaban J connectivity index is 0.000001000. The number of nitrogens with one attached hydrogen (secondary N) is 1. The standard InChI is InChI=1S/C6H10F3N.ClH/c7-5-2-1-3-10-4-6(5,8)9;/h5,10H,1-4H2;1H/t5-;/m0./s1. The van der Waals surface area contributed by atoms with E-state index in [1.165, 1.54) is 0 Å². The lowest BCUT2D eigenvalue weighted by Crippen LogP contribution is -2.37. The van der Waals surface area contributed by atoms with Gasteiger partial charge in [0.05, 0.1) is 6.54 Å². The number of rotatable bonds is 0. The van der Waals surface area contributed by atoms with Gasteiger partial charge in [-0.1, -0.05) is 0 Å². The highest BCUT2D eigenvalue weighted by Gasteiger charge is 2.40. The van der Waals surface area contributed by atoms with Crippen LogP contribution in [0.1, 0.15) is 12.8 Å². The Kier molecular flexibility index (Phi) is 4.18. The predicted octanol–water partition coefficient (Wildman–Crippen LogP) is 1.77. The molecule has 1 fully saturated rings. The van der Waals surface area contributed by atoms with Crippen molar-refractivity contribution < 1.29 is 13.2 Å². The SMILES string of the molecule is Cl.F[C@H]1CCCNCC1(F)F. The largest absolute Gasteiger partial charge is 0.311 e. The van der Waals surface area contributed by atoms with Crippen molar-refractivity contribution in [2.45, 2.75) is 24.9 Å². The summed E-state index contributed by atoms with van der Waals surface area (Å²) in [6, 6.07) is 0. The molecule has 1 heterocycles. The number of hydrogen-bond acceptors (Lipinski definition) is 1. The molecule has 0 bridgehead atoms. The van der Waals surface area contributed by atoms with Gasteiger partial charge in [0.2, 0.25) is 0 Å². The van der Waals surface area contributed by atoms with E-state index in [2.05, 4.69) is 5.32 Å². The quantitative estimate of drug-likeness (QED) is 0.613. The third-order valence-electron chi connectivity index (χ3n) is 1.63. The Bertz CT molecular complexity index is 120.